The number of halogens is 3. The Morgan fingerprint density at radius 3 is 2.29 bits per heavy atom. The molecule has 0 unspecified atom stereocenters. The van der Waals surface area contributed by atoms with E-state index < -0.39 is 0 Å². The molecule has 1 N–H and O–H groups in total. The lowest BCUT2D eigenvalue weighted by Gasteiger charge is -2.21. The fourth-order valence-corrected chi connectivity index (χ4v) is 4.14. The molecule has 168 valence electrons. The van der Waals surface area contributed by atoms with Crippen LogP contribution >= 0.6 is 34.8 Å². The molecule has 0 saturated carbocycles. The summed E-state index contributed by atoms with van der Waals surface area (Å²) < 4.78 is 5.96. The van der Waals surface area contributed by atoms with Crippen LogP contribution in [0.25, 0.3) is 23.1 Å². The van der Waals surface area contributed by atoms with Crippen molar-refractivity contribution in [1.82, 2.24) is 0 Å². The van der Waals surface area contributed by atoms with Crippen molar-refractivity contribution in [2.45, 2.75) is 0 Å². The van der Waals surface area contributed by atoms with E-state index in [4.69, 9.17) is 39.2 Å². The first kappa shape index (κ1) is 22.4. The van der Waals surface area contributed by atoms with Gasteiger partial charge in [0.15, 0.2) is 0 Å². The Kier molecular flexibility index (Phi) is 5.96. The largest absolute Gasteiger partial charge is 0.506 e. The van der Waals surface area contributed by atoms with E-state index in [-0.39, 0.29) is 16.7 Å². The van der Waals surface area contributed by atoms with E-state index in [2.05, 4.69) is 0 Å². The van der Waals surface area contributed by atoms with Gasteiger partial charge in [-0.05, 0) is 60.2 Å². The lowest BCUT2D eigenvalue weighted by Crippen LogP contribution is -2.24. The third kappa shape index (κ3) is 4.24. The zero-order valence-electron chi connectivity index (χ0n) is 17.5. The molecule has 1 aliphatic heterocycles. The number of carbonyl (C=O) groups is 1. The van der Waals surface area contributed by atoms with E-state index >= 15 is 0 Å². The van der Waals surface area contributed by atoms with Crippen molar-refractivity contribution >= 4 is 58.2 Å². The Labute approximate surface area is 210 Å². The maximum absolute atomic E-state index is 13.5. The molecule has 4 aromatic rings. The molecular formula is C27H16Cl3NO3. The van der Waals surface area contributed by atoms with Gasteiger partial charge in [0.25, 0.3) is 5.91 Å². The maximum atomic E-state index is 13.5. The second kappa shape index (κ2) is 9.07. The Morgan fingerprint density at radius 1 is 0.794 bits per heavy atom. The van der Waals surface area contributed by atoms with Crippen LogP contribution in [-0.2, 0) is 4.79 Å². The lowest BCUT2D eigenvalue weighted by atomic mass is 10.1. The number of aromatic hydroxyl groups is 1. The molecule has 0 bridgehead atoms. The third-order valence-electron chi connectivity index (χ3n) is 5.37. The van der Waals surface area contributed by atoms with E-state index in [0.717, 1.165) is 11.1 Å². The number of hydrogen-bond donors (Lipinski definition) is 1. The van der Waals surface area contributed by atoms with Crippen LogP contribution in [0.15, 0.2) is 94.9 Å². The first-order valence-electron chi connectivity index (χ1n) is 10.3. The molecule has 0 aliphatic carbocycles. The van der Waals surface area contributed by atoms with Gasteiger partial charge in [0.2, 0.25) is 0 Å². The zero-order valence-corrected chi connectivity index (χ0v) is 19.8. The highest BCUT2D eigenvalue weighted by Gasteiger charge is 2.31. The lowest BCUT2D eigenvalue weighted by molar-refractivity contribution is -0.113. The van der Waals surface area contributed by atoms with Crippen molar-refractivity contribution in [2.75, 3.05) is 4.90 Å². The second-order valence-corrected chi connectivity index (χ2v) is 8.82. The van der Waals surface area contributed by atoms with Crippen molar-refractivity contribution in [3.8, 4) is 17.1 Å². The van der Waals surface area contributed by atoms with Gasteiger partial charge in [0, 0.05) is 17.2 Å². The topological polar surface area (TPSA) is 53.7 Å². The van der Waals surface area contributed by atoms with Crippen molar-refractivity contribution in [1.29, 1.82) is 0 Å². The summed E-state index contributed by atoms with van der Waals surface area (Å²) in [5.41, 5.74) is 3.24. The zero-order chi connectivity index (χ0) is 23.8. The van der Waals surface area contributed by atoms with Crippen LogP contribution in [0.3, 0.4) is 0 Å². The average Bonchev–Trinajstić information content (AvgIpc) is 3.43. The Hall–Kier alpha value is -3.44. The van der Waals surface area contributed by atoms with E-state index in [1.165, 1.54) is 6.07 Å². The normalized spacial score (nSPS) is 14.7. The number of anilines is 1. The number of carbonyl (C=O) groups excluding carboxylic acids is 1. The van der Waals surface area contributed by atoms with Gasteiger partial charge in [-0.2, -0.15) is 0 Å². The summed E-state index contributed by atoms with van der Waals surface area (Å²) in [5, 5.41) is 11.2. The van der Waals surface area contributed by atoms with E-state index in [0.29, 0.717) is 38.5 Å². The third-order valence-corrected chi connectivity index (χ3v) is 6.43. The van der Waals surface area contributed by atoms with Crippen molar-refractivity contribution in [3.63, 3.8) is 0 Å². The SMILES string of the molecule is O=C1/C(=C/c2ccc(-c3ccc(Cl)c(Cl)c3)o2)C=C(c2ccccc2)N1c1ccc(Cl)c(O)c1. The summed E-state index contributed by atoms with van der Waals surface area (Å²) in [6.07, 6.45) is 3.48. The molecule has 7 heteroatoms. The smallest absolute Gasteiger partial charge is 0.263 e. The summed E-state index contributed by atoms with van der Waals surface area (Å²) in [6, 6.07) is 23.1. The minimum absolute atomic E-state index is 0.103. The maximum Gasteiger partial charge on any atom is 0.263 e. The van der Waals surface area contributed by atoms with E-state index in [1.807, 2.05) is 42.5 Å². The molecule has 1 aromatic heterocycles. The number of nitrogens with zero attached hydrogens (tertiary/aromatic N) is 1. The minimum atomic E-state index is -0.256. The van der Waals surface area contributed by atoms with E-state index in [9.17, 15) is 9.90 Å². The Bertz CT molecular complexity index is 1470. The average molecular weight is 509 g/mol. The van der Waals surface area contributed by atoms with Gasteiger partial charge in [-0.3, -0.25) is 9.69 Å². The Morgan fingerprint density at radius 2 is 1.56 bits per heavy atom. The molecule has 0 radical (unpaired) electrons. The van der Waals surface area contributed by atoms with Crippen LogP contribution in [-0.4, -0.2) is 11.0 Å². The second-order valence-electron chi connectivity index (χ2n) is 7.60. The fourth-order valence-electron chi connectivity index (χ4n) is 3.72. The highest BCUT2D eigenvalue weighted by Crippen LogP contribution is 2.38. The molecule has 1 aliphatic rings. The molecule has 0 atom stereocenters. The molecule has 2 heterocycles. The first-order chi connectivity index (χ1) is 16.4. The summed E-state index contributed by atoms with van der Waals surface area (Å²) >= 11 is 18.1. The molecule has 34 heavy (non-hydrogen) atoms. The minimum Gasteiger partial charge on any atom is -0.506 e. The van der Waals surface area contributed by atoms with Crippen LogP contribution in [0.4, 0.5) is 5.69 Å². The highest BCUT2D eigenvalue weighted by atomic mass is 35.5. The molecule has 4 nitrogen and oxygen atoms in total. The first-order valence-corrected chi connectivity index (χ1v) is 11.4. The molecule has 3 aromatic carbocycles. The van der Waals surface area contributed by atoms with E-state index in [1.54, 1.807) is 47.4 Å². The number of hydrogen-bond acceptors (Lipinski definition) is 3. The fraction of sp³-hybridized carbons (Fsp3) is 0. The number of furan rings is 1. The molecule has 5 rings (SSSR count). The molecule has 0 fully saturated rings. The van der Waals surface area contributed by atoms with Gasteiger partial charge in [-0.1, -0.05) is 65.1 Å². The van der Waals surface area contributed by atoms with Gasteiger partial charge in [-0.25, -0.2) is 0 Å². The van der Waals surface area contributed by atoms with Gasteiger partial charge in [0.05, 0.1) is 26.5 Å². The number of amides is 1. The monoisotopic (exact) mass is 507 g/mol. The molecule has 1 amide bonds. The summed E-state index contributed by atoms with van der Waals surface area (Å²) in [6.45, 7) is 0. The molecule has 0 saturated heterocycles. The summed E-state index contributed by atoms with van der Waals surface area (Å²) in [7, 11) is 0. The van der Waals surface area contributed by atoms with Crippen molar-refractivity contribution in [3.05, 3.63) is 117 Å². The summed E-state index contributed by atoms with van der Waals surface area (Å²) in [5.74, 6) is 0.749. The highest BCUT2D eigenvalue weighted by molar-refractivity contribution is 6.42. The predicted octanol–water partition coefficient (Wildman–Crippen LogP) is 8.08. The quantitative estimate of drug-likeness (QED) is 0.283. The number of phenolic OH excluding ortho intramolecular Hbond substituents is 1. The number of phenols is 1. The summed E-state index contributed by atoms with van der Waals surface area (Å²) in [4.78, 5) is 15.0. The van der Waals surface area contributed by atoms with Gasteiger partial charge in [0.1, 0.15) is 17.3 Å². The van der Waals surface area contributed by atoms with Crippen molar-refractivity contribution in [2.24, 2.45) is 0 Å². The van der Waals surface area contributed by atoms with Gasteiger partial charge in [-0.15, -0.1) is 0 Å². The van der Waals surface area contributed by atoms with Crippen LogP contribution < -0.4 is 4.90 Å². The molecule has 0 spiro atoms. The van der Waals surface area contributed by atoms with Crippen LogP contribution in [0, 0.1) is 0 Å². The standard InChI is InChI=1S/C27H16Cl3NO3/c28-21-9-6-17(13-23(21)30)26-11-8-20(34-26)12-18-14-24(16-4-2-1-3-5-16)31(27(18)33)19-7-10-22(29)25(32)15-19/h1-15,32H/b18-12+. The van der Waals surface area contributed by atoms with Crippen LogP contribution in [0.1, 0.15) is 11.3 Å². The van der Waals surface area contributed by atoms with Gasteiger partial charge >= 0.3 is 0 Å². The van der Waals surface area contributed by atoms with Gasteiger partial charge < -0.3 is 9.52 Å². The van der Waals surface area contributed by atoms with Crippen LogP contribution in [0.5, 0.6) is 5.75 Å². The van der Waals surface area contributed by atoms with Crippen LogP contribution in [0.2, 0.25) is 15.1 Å². The number of rotatable bonds is 4. The number of benzene rings is 3. The molecular weight excluding hydrogens is 493 g/mol. The predicted molar refractivity (Wildman–Crippen MR) is 137 cm³/mol. The Balaban J connectivity index is 1.55. The van der Waals surface area contributed by atoms with Crippen molar-refractivity contribution < 1.29 is 14.3 Å².